The maximum atomic E-state index is 10.5. The van der Waals surface area contributed by atoms with E-state index in [0.29, 0.717) is 6.42 Å². The van der Waals surface area contributed by atoms with Gasteiger partial charge in [0.05, 0.1) is 0 Å². The van der Waals surface area contributed by atoms with Gasteiger partial charge < -0.3 is 5.11 Å². The normalized spacial score (nSPS) is 16.5. The molecule has 102 valence electrons. The van der Waals surface area contributed by atoms with Crippen molar-refractivity contribution in [2.45, 2.75) is 72.6 Å². The van der Waals surface area contributed by atoms with Gasteiger partial charge in [0.2, 0.25) is 0 Å². The van der Waals surface area contributed by atoms with Crippen molar-refractivity contribution in [3.8, 4) is 0 Å². The van der Waals surface area contributed by atoms with Crippen LogP contribution in [0.2, 0.25) is 0 Å². The summed E-state index contributed by atoms with van der Waals surface area (Å²) in [6.45, 7) is 9.15. The number of carbonyl (C=O) groups is 1. The summed E-state index contributed by atoms with van der Waals surface area (Å²) in [5.74, 6) is 1.67. The van der Waals surface area contributed by atoms with E-state index in [1.54, 1.807) is 0 Å². The summed E-state index contributed by atoms with van der Waals surface area (Å²) in [5, 5.41) is 8.62. The van der Waals surface area contributed by atoms with Crippen LogP contribution in [-0.4, -0.2) is 11.1 Å². The van der Waals surface area contributed by atoms with Crippen LogP contribution in [0.15, 0.2) is 0 Å². The standard InChI is InChI=1S/C15H30O2/c1-5-12(3)13(4)10-11-14(6-2)8-7-9-15(16)17/h12-14H,5-11H2,1-4H3,(H,16,17). The van der Waals surface area contributed by atoms with Crippen molar-refractivity contribution >= 4 is 5.97 Å². The van der Waals surface area contributed by atoms with Crippen molar-refractivity contribution in [1.29, 1.82) is 0 Å². The highest BCUT2D eigenvalue weighted by Gasteiger charge is 2.13. The lowest BCUT2D eigenvalue weighted by Crippen LogP contribution is -2.10. The zero-order chi connectivity index (χ0) is 13.3. The topological polar surface area (TPSA) is 37.3 Å². The molecule has 0 amide bonds. The van der Waals surface area contributed by atoms with Crippen molar-refractivity contribution in [3.63, 3.8) is 0 Å². The van der Waals surface area contributed by atoms with Crippen molar-refractivity contribution in [2.75, 3.05) is 0 Å². The molecule has 0 aliphatic carbocycles. The van der Waals surface area contributed by atoms with Gasteiger partial charge in [0.15, 0.2) is 0 Å². The number of hydrogen-bond acceptors (Lipinski definition) is 1. The van der Waals surface area contributed by atoms with Gasteiger partial charge in [-0.05, 0) is 30.6 Å². The van der Waals surface area contributed by atoms with Crippen molar-refractivity contribution in [2.24, 2.45) is 17.8 Å². The Kier molecular flexibility index (Phi) is 9.20. The molecular weight excluding hydrogens is 212 g/mol. The first-order valence-electron chi connectivity index (χ1n) is 7.22. The summed E-state index contributed by atoms with van der Waals surface area (Å²) in [6.07, 6.45) is 7.25. The van der Waals surface area contributed by atoms with Gasteiger partial charge in [-0.1, -0.05) is 53.4 Å². The summed E-state index contributed by atoms with van der Waals surface area (Å²) in [4.78, 5) is 10.5. The minimum atomic E-state index is -0.659. The summed E-state index contributed by atoms with van der Waals surface area (Å²) in [6, 6.07) is 0. The second-order valence-corrected chi connectivity index (χ2v) is 5.50. The SMILES string of the molecule is CCC(CCCC(=O)O)CCC(C)C(C)CC. The number of carboxylic acid groups (broad SMARTS) is 1. The van der Waals surface area contributed by atoms with Crippen LogP contribution in [0.5, 0.6) is 0 Å². The molecule has 0 radical (unpaired) electrons. The second-order valence-electron chi connectivity index (χ2n) is 5.50. The molecular formula is C15H30O2. The van der Waals surface area contributed by atoms with Gasteiger partial charge in [-0.3, -0.25) is 4.79 Å². The fourth-order valence-electron chi connectivity index (χ4n) is 2.28. The number of carboxylic acids is 1. The predicted octanol–water partition coefficient (Wildman–Crippen LogP) is 4.73. The summed E-state index contributed by atoms with van der Waals surface area (Å²) < 4.78 is 0. The molecule has 0 bridgehead atoms. The highest BCUT2D eigenvalue weighted by molar-refractivity contribution is 5.66. The number of aliphatic carboxylic acids is 1. The molecule has 3 unspecified atom stereocenters. The highest BCUT2D eigenvalue weighted by Crippen LogP contribution is 2.25. The van der Waals surface area contributed by atoms with E-state index in [4.69, 9.17) is 5.11 Å². The molecule has 0 saturated carbocycles. The third-order valence-corrected chi connectivity index (χ3v) is 4.23. The molecule has 0 heterocycles. The minimum absolute atomic E-state index is 0.331. The van der Waals surface area contributed by atoms with E-state index < -0.39 is 5.97 Å². The van der Waals surface area contributed by atoms with E-state index in [9.17, 15) is 4.79 Å². The van der Waals surface area contributed by atoms with E-state index in [0.717, 1.165) is 30.6 Å². The molecule has 0 aromatic rings. The van der Waals surface area contributed by atoms with Gasteiger partial charge in [0.1, 0.15) is 0 Å². The Labute approximate surface area is 107 Å². The van der Waals surface area contributed by atoms with Gasteiger partial charge in [0.25, 0.3) is 0 Å². The van der Waals surface area contributed by atoms with Crippen molar-refractivity contribution in [3.05, 3.63) is 0 Å². The maximum absolute atomic E-state index is 10.5. The first kappa shape index (κ1) is 16.5. The molecule has 17 heavy (non-hydrogen) atoms. The summed E-state index contributed by atoms with van der Waals surface area (Å²) in [7, 11) is 0. The quantitative estimate of drug-likeness (QED) is 0.601. The van der Waals surface area contributed by atoms with Gasteiger partial charge in [-0.25, -0.2) is 0 Å². The molecule has 0 spiro atoms. The average Bonchev–Trinajstić information content (AvgIpc) is 2.31. The predicted molar refractivity (Wildman–Crippen MR) is 73.1 cm³/mol. The van der Waals surface area contributed by atoms with E-state index in [1.165, 1.54) is 25.7 Å². The van der Waals surface area contributed by atoms with Crippen LogP contribution in [0.25, 0.3) is 0 Å². The first-order valence-corrected chi connectivity index (χ1v) is 7.22. The van der Waals surface area contributed by atoms with E-state index >= 15 is 0 Å². The fourth-order valence-corrected chi connectivity index (χ4v) is 2.28. The van der Waals surface area contributed by atoms with Crippen LogP contribution >= 0.6 is 0 Å². The van der Waals surface area contributed by atoms with Crippen LogP contribution in [0.3, 0.4) is 0 Å². The summed E-state index contributed by atoms with van der Waals surface area (Å²) in [5.41, 5.74) is 0. The Morgan fingerprint density at radius 1 is 1.00 bits per heavy atom. The van der Waals surface area contributed by atoms with E-state index in [1.807, 2.05) is 0 Å². The lowest BCUT2D eigenvalue weighted by molar-refractivity contribution is -0.137. The van der Waals surface area contributed by atoms with Gasteiger partial charge in [-0.2, -0.15) is 0 Å². The fraction of sp³-hybridized carbons (Fsp3) is 0.933. The molecule has 3 atom stereocenters. The van der Waals surface area contributed by atoms with Crippen molar-refractivity contribution < 1.29 is 9.90 Å². The smallest absolute Gasteiger partial charge is 0.303 e. The van der Waals surface area contributed by atoms with Gasteiger partial charge in [0, 0.05) is 6.42 Å². The molecule has 2 nitrogen and oxygen atoms in total. The Hall–Kier alpha value is -0.530. The molecule has 0 saturated heterocycles. The van der Waals surface area contributed by atoms with Crippen LogP contribution in [0.4, 0.5) is 0 Å². The molecule has 0 rings (SSSR count). The zero-order valence-electron chi connectivity index (χ0n) is 12.0. The van der Waals surface area contributed by atoms with Crippen LogP contribution < -0.4 is 0 Å². The average molecular weight is 242 g/mol. The highest BCUT2D eigenvalue weighted by atomic mass is 16.4. The molecule has 0 aromatic heterocycles. The zero-order valence-corrected chi connectivity index (χ0v) is 12.0. The molecule has 1 N–H and O–H groups in total. The number of hydrogen-bond donors (Lipinski definition) is 1. The van der Waals surface area contributed by atoms with Crippen LogP contribution in [0, 0.1) is 17.8 Å². The maximum Gasteiger partial charge on any atom is 0.303 e. The van der Waals surface area contributed by atoms with Crippen molar-refractivity contribution in [1.82, 2.24) is 0 Å². The van der Waals surface area contributed by atoms with Gasteiger partial charge >= 0.3 is 5.97 Å². The Bertz CT molecular complexity index is 201. The first-order chi connectivity index (χ1) is 8.01. The molecule has 0 aliphatic rings. The summed E-state index contributed by atoms with van der Waals surface area (Å²) >= 11 is 0. The monoisotopic (exact) mass is 242 g/mol. The van der Waals surface area contributed by atoms with E-state index in [2.05, 4.69) is 27.7 Å². The van der Waals surface area contributed by atoms with E-state index in [-0.39, 0.29) is 0 Å². The molecule has 2 heteroatoms. The molecule has 0 aromatic carbocycles. The molecule has 0 aliphatic heterocycles. The molecule has 0 fully saturated rings. The third-order valence-electron chi connectivity index (χ3n) is 4.23. The Morgan fingerprint density at radius 3 is 2.12 bits per heavy atom. The lowest BCUT2D eigenvalue weighted by atomic mass is 9.85. The largest absolute Gasteiger partial charge is 0.481 e. The van der Waals surface area contributed by atoms with Crippen LogP contribution in [-0.2, 0) is 4.79 Å². The number of rotatable bonds is 10. The third kappa shape index (κ3) is 8.23. The Morgan fingerprint density at radius 2 is 1.65 bits per heavy atom. The lowest BCUT2D eigenvalue weighted by Gasteiger charge is -2.21. The van der Waals surface area contributed by atoms with Gasteiger partial charge in [-0.15, -0.1) is 0 Å². The Balaban J connectivity index is 3.77. The minimum Gasteiger partial charge on any atom is -0.481 e. The second kappa shape index (κ2) is 9.49. The van der Waals surface area contributed by atoms with Crippen LogP contribution in [0.1, 0.15) is 72.6 Å².